The van der Waals surface area contributed by atoms with Crippen LogP contribution in [0.15, 0.2) is 48.9 Å². The van der Waals surface area contributed by atoms with E-state index in [9.17, 15) is 9.18 Å². The van der Waals surface area contributed by atoms with E-state index in [0.29, 0.717) is 47.1 Å². The highest BCUT2D eigenvalue weighted by molar-refractivity contribution is 5.94. The fourth-order valence-corrected chi connectivity index (χ4v) is 4.81. The maximum absolute atomic E-state index is 14.8. The zero-order valence-electron chi connectivity index (χ0n) is 23.3. The maximum atomic E-state index is 14.8. The van der Waals surface area contributed by atoms with Crippen molar-refractivity contribution < 1.29 is 9.18 Å². The van der Waals surface area contributed by atoms with Crippen LogP contribution in [-0.4, -0.2) is 85.9 Å². The third-order valence-corrected chi connectivity index (χ3v) is 7.22. The standard InChI is InChI=1S/C29H34FN9O/c1-5-37(6-2)26-18-31-23-9-7-20(15-24(23)34-26)27-22(30)17-33-29(36-27)35-25-10-8-21(16-32-25)28(40)39-13-11-38(12-14-39)19(3)4/h7-10,15-19H,5-6,11-14H2,1-4H3,(H,32,33,35,36). The molecule has 1 amide bonds. The van der Waals surface area contributed by atoms with Crippen molar-refractivity contribution >= 4 is 34.5 Å². The van der Waals surface area contributed by atoms with Crippen molar-refractivity contribution in [1.29, 1.82) is 0 Å². The first kappa shape index (κ1) is 27.3. The Kier molecular flexibility index (Phi) is 8.11. The Balaban J connectivity index is 1.31. The molecule has 0 aliphatic carbocycles. The number of hydrogen-bond acceptors (Lipinski definition) is 9. The van der Waals surface area contributed by atoms with Crippen LogP contribution in [0.4, 0.5) is 22.0 Å². The van der Waals surface area contributed by atoms with E-state index in [-0.39, 0.29) is 17.5 Å². The number of amides is 1. The maximum Gasteiger partial charge on any atom is 0.255 e. The number of benzene rings is 1. The molecule has 1 aliphatic heterocycles. The quantitative estimate of drug-likeness (QED) is 0.347. The number of nitrogens with one attached hydrogen (secondary N) is 1. The third-order valence-electron chi connectivity index (χ3n) is 7.22. The summed E-state index contributed by atoms with van der Waals surface area (Å²) in [6.45, 7) is 13.2. The Morgan fingerprint density at radius 1 is 0.950 bits per heavy atom. The molecule has 11 heteroatoms. The molecule has 1 aliphatic rings. The van der Waals surface area contributed by atoms with E-state index >= 15 is 0 Å². The lowest BCUT2D eigenvalue weighted by molar-refractivity contribution is 0.0595. The highest BCUT2D eigenvalue weighted by Crippen LogP contribution is 2.26. The number of carbonyl (C=O) groups excluding carboxylic acids is 1. The number of piperazine rings is 1. The highest BCUT2D eigenvalue weighted by atomic mass is 19.1. The molecule has 0 unspecified atom stereocenters. The average Bonchev–Trinajstić information content (AvgIpc) is 2.98. The van der Waals surface area contributed by atoms with E-state index in [0.717, 1.165) is 38.2 Å². The van der Waals surface area contributed by atoms with Crippen molar-refractivity contribution in [2.75, 3.05) is 49.5 Å². The molecule has 0 atom stereocenters. The molecule has 208 valence electrons. The number of fused-ring (bicyclic) bond motifs is 1. The van der Waals surface area contributed by atoms with E-state index in [1.807, 2.05) is 4.90 Å². The van der Waals surface area contributed by atoms with Gasteiger partial charge in [0, 0.05) is 57.1 Å². The molecule has 3 aromatic heterocycles. The molecule has 1 saturated heterocycles. The van der Waals surface area contributed by atoms with Gasteiger partial charge in [0.2, 0.25) is 5.95 Å². The lowest BCUT2D eigenvalue weighted by Crippen LogP contribution is -2.50. The van der Waals surface area contributed by atoms with Crippen LogP contribution in [0.3, 0.4) is 0 Å². The topological polar surface area (TPSA) is 103 Å². The second-order valence-corrected chi connectivity index (χ2v) is 9.97. The lowest BCUT2D eigenvalue weighted by atomic mass is 10.1. The summed E-state index contributed by atoms with van der Waals surface area (Å²) in [7, 11) is 0. The van der Waals surface area contributed by atoms with Crippen LogP contribution in [0.25, 0.3) is 22.3 Å². The smallest absolute Gasteiger partial charge is 0.255 e. The predicted molar refractivity (Wildman–Crippen MR) is 154 cm³/mol. The van der Waals surface area contributed by atoms with Gasteiger partial charge in [-0.1, -0.05) is 6.07 Å². The van der Waals surface area contributed by atoms with Gasteiger partial charge in [-0.2, -0.15) is 0 Å². The van der Waals surface area contributed by atoms with Crippen LogP contribution in [0.5, 0.6) is 0 Å². The Labute approximate surface area is 233 Å². The number of hydrogen-bond donors (Lipinski definition) is 1. The second kappa shape index (κ2) is 11.9. The molecular weight excluding hydrogens is 509 g/mol. The van der Waals surface area contributed by atoms with Gasteiger partial charge < -0.3 is 15.1 Å². The molecule has 0 bridgehead atoms. The molecule has 0 spiro atoms. The van der Waals surface area contributed by atoms with Gasteiger partial charge in [-0.05, 0) is 52.0 Å². The summed E-state index contributed by atoms with van der Waals surface area (Å²) < 4.78 is 14.8. The van der Waals surface area contributed by atoms with Crippen LogP contribution in [0, 0.1) is 5.82 Å². The summed E-state index contributed by atoms with van der Waals surface area (Å²) in [5.74, 6) is 0.823. The van der Waals surface area contributed by atoms with Gasteiger partial charge in [0.15, 0.2) is 5.82 Å². The SMILES string of the molecule is CCN(CC)c1cnc2ccc(-c3nc(Nc4ccc(C(=O)N5CCN(C(C)C)CC5)cn4)ncc3F)cc2n1. The summed E-state index contributed by atoms with van der Waals surface area (Å²) >= 11 is 0. The molecule has 0 saturated carbocycles. The van der Waals surface area contributed by atoms with E-state index in [2.05, 4.69) is 62.7 Å². The number of rotatable bonds is 8. The van der Waals surface area contributed by atoms with E-state index in [4.69, 9.17) is 4.98 Å². The number of halogens is 1. The fraction of sp³-hybridized carbons (Fsp3) is 0.379. The normalized spacial score (nSPS) is 14.1. The van der Waals surface area contributed by atoms with Gasteiger partial charge >= 0.3 is 0 Å². The zero-order valence-corrected chi connectivity index (χ0v) is 23.3. The van der Waals surface area contributed by atoms with E-state index < -0.39 is 5.82 Å². The Hall–Kier alpha value is -4.25. The molecule has 10 nitrogen and oxygen atoms in total. The van der Waals surface area contributed by atoms with Gasteiger partial charge in [0.25, 0.3) is 5.91 Å². The lowest BCUT2D eigenvalue weighted by Gasteiger charge is -2.36. The summed E-state index contributed by atoms with van der Waals surface area (Å²) in [5, 5.41) is 3.02. The minimum absolute atomic E-state index is 0.0358. The van der Waals surface area contributed by atoms with Crippen molar-refractivity contribution in [3.63, 3.8) is 0 Å². The molecule has 1 N–H and O–H groups in total. The molecule has 4 aromatic rings. The van der Waals surface area contributed by atoms with Crippen molar-refractivity contribution in [2.45, 2.75) is 33.7 Å². The van der Waals surface area contributed by atoms with Gasteiger partial charge in [0.05, 0.1) is 29.0 Å². The summed E-state index contributed by atoms with van der Waals surface area (Å²) in [6, 6.07) is 9.25. The molecule has 1 fully saturated rings. The van der Waals surface area contributed by atoms with Gasteiger partial charge in [0.1, 0.15) is 17.3 Å². The number of carbonyl (C=O) groups is 1. The van der Waals surface area contributed by atoms with Gasteiger partial charge in [-0.3, -0.25) is 14.7 Å². The number of anilines is 3. The van der Waals surface area contributed by atoms with Crippen LogP contribution in [0.2, 0.25) is 0 Å². The fourth-order valence-electron chi connectivity index (χ4n) is 4.81. The van der Waals surface area contributed by atoms with Crippen molar-refractivity contribution in [3.8, 4) is 11.3 Å². The number of pyridine rings is 1. The van der Waals surface area contributed by atoms with Crippen LogP contribution in [-0.2, 0) is 0 Å². The second-order valence-electron chi connectivity index (χ2n) is 9.97. The summed E-state index contributed by atoms with van der Waals surface area (Å²) in [4.78, 5) is 41.4. The molecule has 40 heavy (non-hydrogen) atoms. The van der Waals surface area contributed by atoms with Crippen LogP contribution >= 0.6 is 0 Å². The van der Waals surface area contributed by atoms with Crippen LogP contribution < -0.4 is 10.2 Å². The largest absolute Gasteiger partial charge is 0.356 e. The van der Waals surface area contributed by atoms with E-state index in [1.54, 1.807) is 42.7 Å². The number of aromatic nitrogens is 5. The summed E-state index contributed by atoms with van der Waals surface area (Å²) in [6.07, 6.45) is 4.42. The first-order valence-corrected chi connectivity index (χ1v) is 13.7. The van der Waals surface area contributed by atoms with Gasteiger partial charge in [-0.15, -0.1) is 0 Å². The zero-order chi connectivity index (χ0) is 28.2. The first-order chi connectivity index (χ1) is 19.4. The highest BCUT2D eigenvalue weighted by Gasteiger charge is 2.23. The van der Waals surface area contributed by atoms with Crippen molar-refractivity contribution in [3.05, 3.63) is 60.3 Å². The van der Waals surface area contributed by atoms with E-state index in [1.165, 1.54) is 0 Å². The molecule has 5 rings (SSSR count). The minimum Gasteiger partial charge on any atom is -0.356 e. The monoisotopic (exact) mass is 543 g/mol. The van der Waals surface area contributed by atoms with Crippen LogP contribution in [0.1, 0.15) is 38.1 Å². The Bertz CT molecular complexity index is 1480. The third kappa shape index (κ3) is 5.84. The molecule has 4 heterocycles. The number of nitrogens with zero attached hydrogens (tertiary/aromatic N) is 8. The Morgan fingerprint density at radius 2 is 1.73 bits per heavy atom. The predicted octanol–water partition coefficient (Wildman–Crippen LogP) is 4.38. The van der Waals surface area contributed by atoms with Crippen molar-refractivity contribution in [2.24, 2.45) is 0 Å². The molecule has 1 aromatic carbocycles. The van der Waals surface area contributed by atoms with Gasteiger partial charge in [-0.25, -0.2) is 24.3 Å². The first-order valence-electron chi connectivity index (χ1n) is 13.7. The molecular formula is C29H34FN9O. The Morgan fingerprint density at radius 3 is 2.40 bits per heavy atom. The minimum atomic E-state index is -0.552. The average molecular weight is 544 g/mol. The van der Waals surface area contributed by atoms with Crippen molar-refractivity contribution in [1.82, 2.24) is 34.7 Å². The summed E-state index contributed by atoms with van der Waals surface area (Å²) in [5.41, 5.74) is 2.59. The molecule has 0 radical (unpaired) electrons.